The molecule has 0 heteroatoms. The van der Waals surface area contributed by atoms with Crippen molar-refractivity contribution >= 4 is 0 Å². The highest BCUT2D eigenvalue weighted by Crippen LogP contribution is 2.22. The molecular formula is C14H30. The zero-order valence-corrected chi connectivity index (χ0v) is 11.0. The van der Waals surface area contributed by atoms with E-state index in [9.17, 15) is 0 Å². The van der Waals surface area contributed by atoms with Gasteiger partial charge in [0.2, 0.25) is 0 Å². The Bertz CT molecular complexity index is 118. The van der Waals surface area contributed by atoms with Crippen molar-refractivity contribution in [1.82, 2.24) is 0 Å². The van der Waals surface area contributed by atoms with Crippen molar-refractivity contribution in [2.75, 3.05) is 0 Å². The second-order valence-corrected chi connectivity index (χ2v) is 6.03. The Morgan fingerprint density at radius 1 is 0.929 bits per heavy atom. The largest absolute Gasteiger partial charge is 0.0651 e. The van der Waals surface area contributed by atoms with Crippen molar-refractivity contribution in [3.05, 3.63) is 0 Å². The lowest BCUT2D eigenvalue weighted by Crippen LogP contribution is -2.03. The van der Waals surface area contributed by atoms with E-state index >= 15 is 0 Å². The molecule has 14 heavy (non-hydrogen) atoms. The van der Waals surface area contributed by atoms with Crippen LogP contribution < -0.4 is 0 Å². The van der Waals surface area contributed by atoms with E-state index in [1.54, 1.807) is 0 Å². The minimum Gasteiger partial charge on any atom is -0.0651 e. The van der Waals surface area contributed by atoms with Crippen LogP contribution in [-0.2, 0) is 0 Å². The fourth-order valence-electron chi connectivity index (χ4n) is 1.71. The molecule has 0 fully saturated rings. The summed E-state index contributed by atoms with van der Waals surface area (Å²) in [4.78, 5) is 0. The Labute approximate surface area is 91.5 Å². The first kappa shape index (κ1) is 14.0. The predicted molar refractivity (Wildman–Crippen MR) is 66.6 cm³/mol. The summed E-state index contributed by atoms with van der Waals surface area (Å²) in [5, 5.41) is 0. The van der Waals surface area contributed by atoms with E-state index < -0.39 is 0 Å². The molecule has 0 aromatic rings. The molecule has 0 aliphatic heterocycles. The normalized spacial score (nSPS) is 14.4. The van der Waals surface area contributed by atoms with Crippen LogP contribution in [-0.4, -0.2) is 0 Å². The van der Waals surface area contributed by atoms with Gasteiger partial charge in [-0.3, -0.25) is 0 Å². The summed E-state index contributed by atoms with van der Waals surface area (Å²) in [7, 11) is 0. The Kier molecular flexibility index (Phi) is 7.31. The third-order valence-corrected chi connectivity index (χ3v) is 3.07. The van der Waals surface area contributed by atoms with Crippen LogP contribution in [0.15, 0.2) is 0 Å². The van der Waals surface area contributed by atoms with Crippen molar-refractivity contribution in [2.24, 2.45) is 11.3 Å². The Hall–Kier alpha value is 0. The van der Waals surface area contributed by atoms with Crippen molar-refractivity contribution in [2.45, 2.75) is 79.6 Å². The number of hydrogen-bond donors (Lipinski definition) is 0. The van der Waals surface area contributed by atoms with Gasteiger partial charge in [-0.15, -0.1) is 0 Å². The highest BCUT2D eigenvalue weighted by Gasteiger charge is 2.08. The topological polar surface area (TPSA) is 0 Å². The Morgan fingerprint density at radius 2 is 1.50 bits per heavy atom. The van der Waals surface area contributed by atoms with Gasteiger partial charge in [-0.05, 0) is 17.8 Å². The summed E-state index contributed by atoms with van der Waals surface area (Å²) in [5.41, 5.74) is 0.538. The molecule has 0 aliphatic carbocycles. The SMILES string of the molecule is CCC(C)CCCCCCC(C)(C)C. The fourth-order valence-corrected chi connectivity index (χ4v) is 1.71. The average Bonchev–Trinajstić information content (AvgIpc) is 2.08. The predicted octanol–water partition coefficient (Wildman–Crippen LogP) is 5.42. The monoisotopic (exact) mass is 198 g/mol. The Morgan fingerprint density at radius 3 is 2.00 bits per heavy atom. The van der Waals surface area contributed by atoms with Crippen LogP contribution in [0.4, 0.5) is 0 Å². The van der Waals surface area contributed by atoms with E-state index in [1.165, 1.54) is 44.9 Å². The molecule has 0 N–H and O–H groups in total. The quantitative estimate of drug-likeness (QED) is 0.479. The van der Waals surface area contributed by atoms with Crippen LogP contribution in [0.1, 0.15) is 79.6 Å². The molecule has 0 aromatic carbocycles. The summed E-state index contributed by atoms with van der Waals surface area (Å²) in [6.07, 6.45) is 9.92. The molecule has 0 rings (SSSR count). The second-order valence-electron chi connectivity index (χ2n) is 6.03. The summed E-state index contributed by atoms with van der Waals surface area (Å²) in [6, 6.07) is 0. The van der Waals surface area contributed by atoms with Gasteiger partial charge in [0, 0.05) is 0 Å². The van der Waals surface area contributed by atoms with Gasteiger partial charge >= 0.3 is 0 Å². The third kappa shape index (κ3) is 10.1. The highest BCUT2D eigenvalue weighted by atomic mass is 14.1. The maximum Gasteiger partial charge on any atom is -0.0383 e. The first-order chi connectivity index (χ1) is 6.45. The minimum absolute atomic E-state index is 0.538. The Balaban J connectivity index is 3.14. The lowest BCUT2D eigenvalue weighted by Gasteiger charge is -2.17. The van der Waals surface area contributed by atoms with E-state index in [2.05, 4.69) is 34.6 Å². The lowest BCUT2D eigenvalue weighted by molar-refractivity contribution is 0.354. The first-order valence-corrected chi connectivity index (χ1v) is 6.45. The molecule has 86 valence electrons. The number of rotatable bonds is 7. The van der Waals surface area contributed by atoms with E-state index in [4.69, 9.17) is 0 Å². The third-order valence-electron chi connectivity index (χ3n) is 3.07. The van der Waals surface area contributed by atoms with Crippen LogP contribution in [0.5, 0.6) is 0 Å². The van der Waals surface area contributed by atoms with Gasteiger partial charge < -0.3 is 0 Å². The summed E-state index contributed by atoms with van der Waals surface area (Å²) >= 11 is 0. The molecule has 1 atom stereocenters. The molecule has 0 aromatic heterocycles. The number of unbranched alkanes of at least 4 members (excludes halogenated alkanes) is 3. The molecule has 0 saturated carbocycles. The van der Waals surface area contributed by atoms with E-state index in [0.29, 0.717) is 5.41 Å². The van der Waals surface area contributed by atoms with Crippen LogP contribution in [0.3, 0.4) is 0 Å². The zero-order valence-electron chi connectivity index (χ0n) is 11.0. The highest BCUT2D eigenvalue weighted by molar-refractivity contribution is 4.61. The molecule has 0 nitrogen and oxygen atoms in total. The number of hydrogen-bond acceptors (Lipinski definition) is 0. The second kappa shape index (κ2) is 7.31. The molecule has 0 spiro atoms. The van der Waals surface area contributed by atoms with Crippen molar-refractivity contribution in [3.63, 3.8) is 0 Å². The summed E-state index contributed by atoms with van der Waals surface area (Å²) in [5.74, 6) is 0.942. The van der Waals surface area contributed by atoms with Gasteiger partial charge in [0.1, 0.15) is 0 Å². The maximum atomic E-state index is 2.37. The molecule has 0 saturated heterocycles. The van der Waals surface area contributed by atoms with E-state index in [1.807, 2.05) is 0 Å². The molecule has 0 heterocycles. The molecule has 0 radical (unpaired) electrons. The van der Waals surface area contributed by atoms with Crippen molar-refractivity contribution < 1.29 is 0 Å². The fraction of sp³-hybridized carbons (Fsp3) is 1.00. The molecular weight excluding hydrogens is 168 g/mol. The van der Waals surface area contributed by atoms with Crippen molar-refractivity contribution in [1.29, 1.82) is 0 Å². The van der Waals surface area contributed by atoms with Crippen molar-refractivity contribution in [3.8, 4) is 0 Å². The molecule has 1 unspecified atom stereocenters. The smallest absolute Gasteiger partial charge is 0.0383 e. The zero-order chi connectivity index (χ0) is 11.0. The minimum atomic E-state index is 0.538. The van der Waals surface area contributed by atoms with Gasteiger partial charge in [0.05, 0.1) is 0 Å². The standard InChI is InChI=1S/C14H30/c1-6-13(2)11-9-7-8-10-12-14(3,4)5/h13H,6-12H2,1-5H3. The van der Waals surface area contributed by atoms with Crippen LogP contribution in [0.2, 0.25) is 0 Å². The maximum absolute atomic E-state index is 2.37. The van der Waals surface area contributed by atoms with Gasteiger partial charge in [-0.1, -0.05) is 73.1 Å². The van der Waals surface area contributed by atoms with Gasteiger partial charge in [-0.2, -0.15) is 0 Å². The van der Waals surface area contributed by atoms with Crippen LogP contribution in [0, 0.1) is 11.3 Å². The summed E-state index contributed by atoms with van der Waals surface area (Å²) < 4.78 is 0. The first-order valence-electron chi connectivity index (χ1n) is 6.45. The van der Waals surface area contributed by atoms with E-state index in [0.717, 1.165) is 5.92 Å². The average molecular weight is 198 g/mol. The molecule has 0 bridgehead atoms. The van der Waals surface area contributed by atoms with Gasteiger partial charge in [0.15, 0.2) is 0 Å². The lowest BCUT2D eigenvalue weighted by atomic mass is 9.89. The molecule has 0 amide bonds. The van der Waals surface area contributed by atoms with Crippen LogP contribution in [0.25, 0.3) is 0 Å². The van der Waals surface area contributed by atoms with Gasteiger partial charge in [-0.25, -0.2) is 0 Å². The molecule has 0 aliphatic rings. The van der Waals surface area contributed by atoms with Crippen LogP contribution >= 0.6 is 0 Å². The summed E-state index contributed by atoms with van der Waals surface area (Å²) in [6.45, 7) is 11.7. The van der Waals surface area contributed by atoms with Gasteiger partial charge in [0.25, 0.3) is 0 Å². The van der Waals surface area contributed by atoms with E-state index in [-0.39, 0.29) is 0 Å².